The van der Waals surface area contributed by atoms with E-state index in [4.69, 9.17) is 0 Å². The Labute approximate surface area is 271 Å². The van der Waals surface area contributed by atoms with Gasteiger partial charge in [0.25, 0.3) is 0 Å². The molecule has 3 amide bonds. The number of hydrogen-bond donors (Lipinski definition) is 2. The van der Waals surface area contributed by atoms with Gasteiger partial charge in [-0.15, -0.1) is 0 Å². The average molecular weight is 638 g/mol. The van der Waals surface area contributed by atoms with E-state index in [1.165, 1.54) is 17.7 Å². The highest BCUT2D eigenvalue weighted by molar-refractivity contribution is 5.88. The Hall–Kier alpha value is -3.37. The smallest absolute Gasteiger partial charge is 0.245 e. The fourth-order valence-corrected chi connectivity index (χ4v) is 7.49. The van der Waals surface area contributed by atoms with E-state index >= 15 is 0 Å². The van der Waals surface area contributed by atoms with Crippen molar-refractivity contribution >= 4 is 17.7 Å². The van der Waals surface area contributed by atoms with Crippen molar-refractivity contribution in [2.75, 3.05) is 39.3 Å². The van der Waals surface area contributed by atoms with E-state index in [9.17, 15) is 23.2 Å². The number of carbonyl (C=O) groups excluding carboxylic acids is 3. The number of fused-ring (bicyclic) bond motifs is 1. The molecular weight excluding hydrogens is 588 g/mol. The van der Waals surface area contributed by atoms with E-state index in [0.29, 0.717) is 31.1 Å². The standard InChI is InChI=1S/C36H49F2N5O3/c1-24(2)23-43(29-11-16-41(17-12-29)25(3)44)30-13-18-42(19-14-30)36(46)34(20-27-8-9-28(37)21-32(27)38)40-35(45)22-33-31-7-5-4-6-26(31)10-15-39-33/h4-9,21,24,29-30,33-34,39H,10-20,22-23H2,1-3H3,(H,40,45)/t33?,34-/m1/s1. The molecule has 3 heterocycles. The minimum atomic E-state index is -0.967. The summed E-state index contributed by atoms with van der Waals surface area (Å²) in [7, 11) is 0. The van der Waals surface area contributed by atoms with Gasteiger partial charge in [0, 0.05) is 76.7 Å². The summed E-state index contributed by atoms with van der Waals surface area (Å²) in [6.45, 7) is 10.4. The monoisotopic (exact) mass is 637 g/mol. The van der Waals surface area contributed by atoms with Crippen LogP contribution < -0.4 is 10.6 Å². The largest absolute Gasteiger partial charge is 0.344 e. The molecule has 0 radical (unpaired) electrons. The number of likely N-dealkylation sites (tertiary alicyclic amines) is 2. The maximum absolute atomic E-state index is 14.8. The van der Waals surface area contributed by atoms with Gasteiger partial charge in [-0.05, 0) is 67.3 Å². The van der Waals surface area contributed by atoms with Gasteiger partial charge in [-0.3, -0.25) is 19.3 Å². The number of carbonyl (C=O) groups is 3. The molecule has 2 fully saturated rings. The minimum absolute atomic E-state index is 0.0561. The zero-order valence-corrected chi connectivity index (χ0v) is 27.4. The first-order valence-electron chi connectivity index (χ1n) is 16.9. The lowest BCUT2D eigenvalue weighted by Gasteiger charge is -2.46. The average Bonchev–Trinajstić information content (AvgIpc) is 3.04. The molecule has 3 aliphatic heterocycles. The van der Waals surface area contributed by atoms with Crippen LogP contribution in [0.15, 0.2) is 42.5 Å². The van der Waals surface area contributed by atoms with Crippen molar-refractivity contribution in [1.29, 1.82) is 0 Å². The SMILES string of the molecule is CC(=O)N1CCC(N(CC(C)C)C2CCN(C(=O)[C@@H](Cc3ccc(F)cc3F)NC(=O)CC3NCCc4ccccc43)CC2)CC1. The summed E-state index contributed by atoms with van der Waals surface area (Å²) in [6, 6.07) is 11.0. The summed E-state index contributed by atoms with van der Waals surface area (Å²) in [5.74, 6) is -1.32. The molecule has 2 aromatic carbocycles. The molecule has 2 atom stereocenters. The molecule has 5 rings (SSSR count). The number of nitrogens with one attached hydrogen (secondary N) is 2. The Morgan fingerprint density at radius 2 is 1.61 bits per heavy atom. The van der Waals surface area contributed by atoms with Crippen molar-refractivity contribution in [1.82, 2.24) is 25.3 Å². The second-order valence-electron chi connectivity index (χ2n) is 13.6. The first kappa shape index (κ1) is 34.0. The molecule has 2 aromatic rings. The molecular formula is C36H49F2N5O3. The Bertz CT molecular complexity index is 1370. The lowest BCUT2D eigenvalue weighted by atomic mass is 9.92. The predicted molar refractivity (Wildman–Crippen MR) is 174 cm³/mol. The fraction of sp³-hybridized carbons (Fsp3) is 0.583. The second kappa shape index (κ2) is 15.5. The summed E-state index contributed by atoms with van der Waals surface area (Å²) >= 11 is 0. The van der Waals surface area contributed by atoms with Crippen LogP contribution in [0, 0.1) is 17.6 Å². The summed E-state index contributed by atoms with van der Waals surface area (Å²) in [5, 5.41) is 6.35. The van der Waals surface area contributed by atoms with Gasteiger partial charge in [0.1, 0.15) is 17.7 Å². The highest BCUT2D eigenvalue weighted by atomic mass is 19.1. The number of halogens is 2. The molecule has 0 bridgehead atoms. The van der Waals surface area contributed by atoms with E-state index in [0.717, 1.165) is 69.9 Å². The van der Waals surface area contributed by atoms with Crippen LogP contribution in [0.4, 0.5) is 8.78 Å². The number of nitrogens with zero attached hydrogens (tertiary/aromatic N) is 3. The molecule has 2 N–H and O–H groups in total. The minimum Gasteiger partial charge on any atom is -0.344 e. The van der Waals surface area contributed by atoms with E-state index in [-0.39, 0.29) is 42.2 Å². The quantitative estimate of drug-likeness (QED) is 0.408. The van der Waals surface area contributed by atoms with Crippen molar-refractivity contribution in [2.24, 2.45) is 5.92 Å². The maximum atomic E-state index is 14.8. The molecule has 10 heteroatoms. The lowest BCUT2D eigenvalue weighted by Crippen LogP contribution is -2.56. The third-order valence-corrected chi connectivity index (χ3v) is 9.88. The second-order valence-corrected chi connectivity index (χ2v) is 13.6. The number of hydrogen-bond acceptors (Lipinski definition) is 5. The van der Waals surface area contributed by atoms with Gasteiger partial charge in [-0.25, -0.2) is 8.78 Å². The van der Waals surface area contributed by atoms with Crippen LogP contribution in [0.25, 0.3) is 0 Å². The highest BCUT2D eigenvalue weighted by Crippen LogP contribution is 2.28. The van der Waals surface area contributed by atoms with Crippen LogP contribution in [-0.2, 0) is 27.2 Å². The zero-order chi connectivity index (χ0) is 32.8. The molecule has 0 saturated carbocycles. The first-order valence-corrected chi connectivity index (χ1v) is 16.9. The molecule has 1 unspecified atom stereocenters. The van der Waals surface area contributed by atoms with Gasteiger partial charge >= 0.3 is 0 Å². The van der Waals surface area contributed by atoms with E-state index in [1.54, 1.807) is 11.8 Å². The van der Waals surface area contributed by atoms with Crippen LogP contribution in [0.1, 0.15) is 75.6 Å². The zero-order valence-electron chi connectivity index (χ0n) is 27.4. The highest BCUT2D eigenvalue weighted by Gasteiger charge is 2.36. The Morgan fingerprint density at radius 3 is 2.24 bits per heavy atom. The fourth-order valence-electron chi connectivity index (χ4n) is 7.49. The van der Waals surface area contributed by atoms with Gasteiger partial charge in [-0.2, -0.15) is 0 Å². The lowest BCUT2D eigenvalue weighted by molar-refractivity contribution is -0.138. The van der Waals surface area contributed by atoms with Crippen molar-refractivity contribution in [2.45, 2.75) is 89.9 Å². The summed E-state index contributed by atoms with van der Waals surface area (Å²) < 4.78 is 28.4. The molecule has 8 nitrogen and oxygen atoms in total. The summed E-state index contributed by atoms with van der Waals surface area (Å²) in [5.41, 5.74) is 2.48. The number of amides is 3. The molecule has 250 valence electrons. The summed E-state index contributed by atoms with van der Waals surface area (Å²) in [6.07, 6.45) is 4.49. The third kappa shape index (κ3) is 8.50. The van der Waals surface area contributed by atoms with E-state index in [2.05, 4.69) is 35.4 Å². The van der Waals surface area contributed by atoms with Crippen LogP contribution >= 0.6 is 0 Å². The third-order valence-electron chi connectivity index (χ3n) is 9.88. The van der Waals surface area contributed by atoms with Crippen molar-refractivity contribution in [3.8, 4) is 0 Å². The number of benzene rings is 2. The Morgan fingerprint density at radius 1 is 0.957 bits per heavy atom. The van der Waals surface area contributed by atoms with Crippen LogP contribution in [0.2, 0.25) is 0 Å². The van der Waals surface area contributed by atoms with E-state index < -0.39 is 17.7 Å². The van der Waals surface area contributed by atoms with Crippen LogP contribution in [-0.4, -0.2) is 89.8 Å². The molecule has 0 spiro atoms. The van der Waals surface area contributed by atoms with Crippen molar-refractivity contribution in [3.63, 3.8) is 0 Å². The molecule has 3 aliphatic rings. The van der Waals surface area contributed by atoms with Crippen LogP contribution in [0.3, 0.4) is 0 Å². The molecule has 2 saturated heterocycles. The first-order chi connectivity index (χ1) is 22.1. The normalized spacial score (nSPS) is 20.1. The van der Waals surface area contributed by atoms with Gasteiger partial charge < -0.3 is 20.4 Å². The van der Waals surface area contributed by atoms with Gasteiger partial charge in [0.2, 0.25) is 17.7 Å². The van der Waals surface area contributed by atoms with Gasteiger partial charge in [-0.1, -0.05) is 44.2 Å². The molecule has 0 aliphatic carbocycles. The van der Waals surface area contributed by atoms with Gasteiger partial charge in [0.15, 0.2) is 0 Å². The Kier molecular flexibility index (Phi) is 11.4. The number of piperidine rings is 2. The van der Waals surface area contributed by atoms with Gasteiger partial charge in [0.05, 0.1) is 0 Å². The molecule has 46 heavy (non-hydrogen) atoms. The van der Waals surface area contributed by atoms with Crippen molar-refractivity contribution < 1.29 is 23.2 Å². The summed E-state index contributed by atoms with van der Waals surface area (Å²) in [4.78, 5) is 45.6. The maximum Gasteiger partial charge on any atom is 0.245 e. The molecule has 0 aromatic heterocycles. The van der Waals surface area contributed by atoms with Crippen LogP contribution in [0.5, 0.6) is 0 Å². The predicted octanol–water partition coefficient (Wildman–Crippen LogP) is 4.23. The Balaban J connectivity index is 1.26. The number of rotatable bonds is 10. The topological polar surface area (TPSA) is 85.0 Å². The van der Waals surface area contributed by atoms with E-state index in [1.807, 2.05) is 23.1 Å². The van der Waals surface area contributed by atoms with Crippen molar-refractivity contribution in [3.05, 3.63) is 70.8 Å².